The molecule has 4 nitrogen and oxygen atoms in total. The summed E-state index contributed by atoms with van der Waals surface area (Å²) in [4.78, 5) is 14.4. The first kappa shape index (κ1) is 21.9. The Morgan fingerprint density at radius 2 is 1.59 bits per heavy atom. The van der Waals surface area contributed by atoms with Crippen LogP contribution in [-0.4, -0.2) is 14.3 Å². The molecule has 0 aliphatic carbocycles. The number of para-hydroxylation sites is 1. The van der Waals surface area contributed by atoms with Gasteiger partial charge in [0.1, 0.15) is 0 Å². The van der Waals surface area contributed by atoms with Crippen LogP contribution < -0.4 is 5.69 Å². The Kier molecular flexibility index (Phi) is 7.10. The summed E-state index contributed by atoms with van der Waals surface area (Å²) in [6.07, 6.45) is 5.82. The van der Waals surface area contributed by atoms with Crippen LogP contribution in [0, 0.1) is 0 Å². The molecule has 32 heavy (non-hydrogen) atoms. The lowest BCUT2D eigenvalue weighted by atomic mass is 10.2. The van der Waals surface area contributed by atoms with Crippen molar-refractivity contribution in [2.24, 2.45) is 0 Å². The van der Waals surface area contributed by atoms with E-state index < -0.39 is 0 Å². The third-order valence-electron chi connectivity index (χ3n) is 4.78. The maximum absolute atomic E-state index is 13.2. The van der Waals surface area contributed by atoms with E-state index in [1.54, 1.807) is 40.6 Å². The maximum atomic E-state index is 13.2. The summed E-state index contributed by atoms with van der Waals surface area (Å²) >= 11 is 7.78. The lowest BCUT2D eigenvalue weighted by molar-refractivity contribution is 0.829. The van der Waals surface area contributed by atoms with Gasteiger partial charge >= 0.3 is 5.69 Å². The third kappa shape index (κ3) is 5.31. The van der Waals surface area contributed by atoms with E-state index in [1.807, 2.05) is 54.6 Å². The highest BCUT2D eigenvalue weighted by atomic mass is 35.5. The molecule has 4 rings (SSSR count). The number of halogens is 1. The van der Waals surface area contributed by atoms with Crippen LogP contribution in [0.3, 0.4) is 0 Å². The van der Waals surface area contributed by atoms with E-state index >= 15 is 0 Å². The Morgan fingerprint density at radius 3 is 2.28 bits per heavy atom. The molecule has 0 unspecified atom stereocenters. The highest BCUT2D eigenvalue weighted by Gasteiger charge is 2.14. The highest BCUT2D eigenvalue weighted by Crippen LogP contribution is 2.21. The molecule has 0 bridgehead atoms. The Balaban J connectivity index is 1.62. The second kappa shape index (κ2) is 10.4. The average molecular weight is 460 g/mol. The molecule has 0 radical (unpaired) electrons. The van der Waals surface area contributed by atoms with Crippen molar-refractivity contribution in [1.29, 1.82) is 0 Å². The normalized spacial score (nSPS) is 11.9. The smallest absolute Gasteiger partial charge is 0.245 e. The van der Waals surface area contributed by atoms with Gasteiger partial charge in [0.15, 0.2) is 5.82 Å². The first-order valence-corrected chi connectivity index (χ1v) is 11.5. The molecule has 0 N–H and O–H groups in total. The zero-order valence-electron chi connectivity index (χ0n) is 17.6. The molecule has 6 heteroatoms. The molecule has 0 atom stereocenters. The Hall–Kier alpha value is -3.28. The fraction of sp³-hybridized carbons (Fsp3) is 0.0769. The van der Waals surface area contributed by atoms with Gasteiger partial charge in [0.05, 0.1) is 11.4 Å². The second-order valence-corrected chi connectivity index (χ2v) is 8.77. The monoisotopic (exact) mass is 459 g/mol. The summed E-state index contributed by atoms with van der Waals surface area (Å²) in [5.41, 5.74) is 2.47. The largest absolute Gasteiger partial charge is 0.355 e. The number of allylic oxidation sites excluding steroid dienone is 3. The number of nitrogens with zero attached hydrogens (tertiary/aromatic N) is 3. The van der Waals surface area contributed by atoms with Crippen molar-refractivity contribution in [2.75, 3.05) is 0 Å². The van der Waals surface area contributed by atoms with E-state index in [1.165, 1.54) is 15.2 Å². The minimum absolute atomic E-state index is 0.239. The number of hydrogen-bond acceptors (Lipinski definition) is 3. The fourth-order valence-corrected chi connectivity index (χ4v) is 4.04. The van der Waals surface area contributed by atoms with Crippen LogP contribution in [-0.2, 0) is 5.75 Å². The van der Waals surface area contributed by atoms with Gasteiger partial charge in [0, 0.05) is 10.8 Å². The van der Waals surface area contributed by atoms with Gasteiger partial charge in [-0.3, -0.25) is 0 Å². The minimum atomic E-state index is -0.239. The molecule has 3 aromatic carbocycles. The zero-order valence-corrected chi connectivity index (χ0v) is 19.1. The summed E-state index contributed by atoms with van der Waals surface area (Å²) < 4.78 is 3.00. The van der Waals surface area contributed by atoms with Crippen LogP contribution in [0.5, 0.6) is 0 Å². The Labute approximate surface area is 196 Å². The van der Waals surface area contributed by atoms with Gasteiger partial charge in [-0.05, 0) is 59.9 Å². The summed E-state index contributed by atoms with van der Waals surface area (Å²) in [6.45, 7) is 2.08. The first-order valence-electron chi connectivity index (χ1n) is 10.2. The third-order valence-corrected chi connectivity index (χ3v) is 6.10. The van der Waals surface area contributed by atoms with Crippen LogP contribution >= 0.6 is 23.4 Å². The van der Waals surface area contributed by atoms with Crippen LogP contribution in [0.4, 0.5) is 0 Å². The van der Waals surface area contributed by atoms with Gasteiger partial charge in [0.2, 0.25) is 0 Å². The van der Waals surface area contributed by atoms with Gasteiger partial charge in [-0.25, -0.2) is 9.36 Å². The number of rotatable bonds is 7. The predicted molar refractivity (Wildman–Crippen MR) is 135 cm³/mol. The minimum Gasteiger partial charge on any atom is -0.245 e. The Morgan fingerprint density at radius 1 is 0.938 bits per heavy atom. The standard InChI is InChI=1S/C26H22ClN3OS/c1-20(32-19-21-10-4-2-5-11-21)9-8-14-25-28-30(24-17-15-22(27)16-18-24)26(31)29(25)23-12-6-3-7-13-23/h2-18H,19H2,1H3/b14-8-,20-9+. The van der Waals surface area contributed by atoms with Crippen molar-refractivity contribution in [1.82, 2.24) is 14.3 Å². The van der Waals surface area contributed by atoms with Gasteiger partial charge in [-0.2, -0.15) is 4.68 Å². The zero-order chi connectivity index (χ0) is 22.3. The van der Waals surface area contributed by atoms with E-state index in [-0.39, 0.29) is 5.69 Å². The van der Waals surface area contributed by atoms with Crippen LogP contribution in [0.15, 0.2) is 107 Å². The van der Waals surface area contributed by atoms with Crippen molar-refractivity contribution < 1.29 is 0 Å². The van der Waals surface area contributed by atoms with Crippen molar-refractivity contribution >= 4 is 29.4 Å². The molecule has 1 aromatic heterocycles. The van der Waals surface area contributed by atoms with Crippen LogP contribution in [0.1, 0.15) is 18.3 Å². The molecule has 160 valence electrons. The summed E-state index contributed by atoms with van der Waals surface area (Å²) in [5.74, 6) is 1.46. The van der Waals surface area contributed by atoms with E-state index in [4.69, 9.17) is 11.6 Å². The topological polar surface area (TPSA) is 39.8 Å². The summed E-state index contributed by atoms with van der Waals surface area (Å²) in [5, 5.41) is 5.19. The SMILES string of the molecule is C/C(=C\C=C/c1nn(-c2ccc(Cl)cc2)c(=O)n1-c1ccccc1)SCc1ccccc1. The second-order valence-electron chi connectivity index (χ2n) is 7.11. The van der Waals surface area contributed by atoms with Crippen molar-refractivity contribution in [2.45, 2.75) is 12.7 Å². The van der Waals surface area contributed by atoms with Crippen LogP contribution in [0.25, 0.3) is 17.5 Å². The predicted octanol–water partition coefficient (Wildman–Crippen LogP) is 6.53. The van der Waals surface area contributed by atoms with Crippen molar-refractivity contribution in [3.8, 4) is 11.4 Å². The molecule has 0 fully saturated rings. The molecule has 4 aromatic rings. The van der Waals surface area contributed by atoms with Gasteiger partial charge in [-0.15, -0.1) is 16.9 Å². The maximum Gasteiger partial charge on any atom is 0.355 e. The highest BCUT2D eigenvalue weighted by molar-refractivity contribution is 8.02. The molecule has 0 spiro atoms. The van der Waals surface area contributed by atoms with Crippen molar-refractivity contribution in [3.63, 3.8) is 0 Å². The molecule has 0 amide bonds. The molecule has 0 aliphatic heterocycles. The number of hydrogen-bond donors (Lipinski definition) is 0. The molecule has 1 heterocycles. The lowest BCUT2D eigenvalue weighted by Gasteiger charge is -2.02. The van der Waals surface area contributed by atoms with E-state index in [0.29, 0.717) is 16.5 Å². The lowest BCUT2D eigenvalue weighted by Crippen LogP contribution is -2.22. The van der Waals surface area contributed by atoms with Gasteiger partial charge in [-0.1, -0.05) is 72.3 Å². The average Bonchev–Trinajstić information content (AvgIpc) is 3.15. The van der Waals surface area contributed by atoms with E-state index in [9.17, 15) is 4.79 Å². The van der Waals surface area contributed by atoms with Gasteiger partial charge < -0.3 is 0 Å². The summed E-state index contributed by atoms with van der Waals surface area (Å²) in [7, 11) is 0. The number of thioether (sulfide) groups is 1. The van der Waals surface area contributed by atoms with Crippen molar-refractivity contribution in [3.05, 3.63) is 129 Å². The quantitative estimate of drug-likeness (QED) is 0.295. The van der Waals surface area contributed by atoms with E-state index in [2.05, 4.69) is 36.3 Å². The number of aromatic nitrogens is 3. The molecular formula is C26H22ClN3OS. The van der Waals surface area contributed by atoms with E-state index in [0.717, 1.165) is 11.4 Å². The molecule has 0 saturated heterocycles. The number of benzene rings is 3. The molecule has 0 aliphatic rings. The van der Waals surface area contributed by atoms with Gasteiger partial charge in [0.25, 0.3) is 0 Å². The Bertz CT molecular complexity index is 1290. The first-order chi connectivity index (χ1) is 15.6. The van der Waals surface area contributed by atoms with Crippen LogP contribution in [0.2, 0.25) is 5.02 Å². The fourth-order valence-electron chi connectivity index (χ4n) is 3.15. The summed E-state index contributed by atoms with van der Waals surface area (Å²) in [6, 6.07) is 26.9. The molecular weight excluding hydrogens is 438 g/mol. The molecule has 0 saturated carbocycles.